The van der Waals surface area contributed by atoms with E-state index in [9.17, 15) is 19.2 Å². The van der Waals surface area contributed by atoms with Gasteiger partial charge < -0.3 is 0 Å². The molecule has 4 rings (SSSR count). The van der Waals surface area contributed by atoms with E-state index < -0.39 is 23.1 Å². The van der Waals surface area contributed by atoms with Crippen molar-refractivity contribution in [1.29, 1.82) is 0 Å². The van der Waals surface area contributed by atoms with E-state index in [2.05, 4.69) is 0 Å². The lowest BCUT2D eigenvalue weighted by Gasteiger charge is -2.16. The maximum absolute atomic E-state index is 12.7. The van der Waals surface area contributed by atoms with E-state index in [-0.39, 0.29) is 13.2 Å². The largest absolute Gasteiger partial charge is 0.332 e. The molecule has 1 aliphatic rings. The third-order valence-corrected chi connectivity index (χ3v) is 4.50. The summed E-state index contributed by atoms with van der Waals surface area (Å²) in [6.45, 7) is -0.137. The number of benzene rings is 2. The van der Waals surface area contributed by atoms with E-state index in [1.807, 2.05) is 30.3 Å². The summed E-state index contributed by atoms with van der Waals surface area (Å²) in [5.74, 6) is -0.911. The Kier molecular flexibility index (Phi) is 4.04. The highest BCUT2D eigenvalue weighted by molar-refractivity contribution is 6.21. The molecule has 0 saturated carbocycles. The Labute approximate surface area is 153 Å². The van der Waals surface area contributed by atoms with Crippen LogP contribution in [-0.4, -0.2) is 25.8 Å². The van der Waals surface area contributed by atoms with Gasteiger partial charge in [0.2, 0.25) is 0 Å². The van der Waals surface area contributed by atoms with E-state index >= 15 is 0 Å². The first-order valence-electron chi connectivity index (χ1n) is 8.36. The third kappa shape index (κ3) is 2.89. The predicted molar refractivity (Wildman–Crippen MR) is 97.4 cm³/mol. The van der Waals surface area contributed by atoms with Gasteiger partial charge in [0.05, 0.1) is 17.7 Å². The summed E-state index contributed by atoms with van der Waals surface area (Å²) in [5.41, 5.74) is 0.405. The van der Waals surface area contributed by atoms with Crippen LogP contribution in [-0.2, 0) is 13.2 Å². The Morgan fingerprint density at radius 2 is 1.30 bits per heavy atom. The molecule has 3 aromatic rings. The smallest absolute Gasteiger partial charge is 0.282 e. The maximum atomic E-state index is 12.7. The van der Waals surface area contributed by atoms with Gasteiger partial charge in [0.15, 0.2) is 0 Å². The number of imide groups is 1. The van der Waals surface area contributed by atoms with Gasteiger partial charge >= 0.3 is 5.69 Å². The minimum atomic E-state index is -0.581. The minimum Gasteiger partial charge on any atom is -0.282 e. The highest BCUT2D eigenvalue weighted by Gasteiger charge is 2.35. The molecule has 0 saturated heterocycles. The summed E-state index contributed by atoms with van der Waals surface area (Å²) in [5, 5.41) is 0. The van der Waals surface area contributed by atoms with Crippen molar-refractivity contribution in [1.82, 2.24) is 14.0 Å². The fourth-order valence-electron chi connectivity index (χ4n) is 3.10. The number of carbonyl (C=O) groups excluding carboxylic acids is 2. The highest BCUT2D eigenvalue weighted by atomic mass is 16.2. The van der Waals surface area contributed by atoms with Crippen LogP contribution < -0.4 is 11.2 Å². The van der Waals surface area contributed by atoms with Crippen molar-refractivity contribution in [3.63, 3.8) is 0 Å². The van der Waals surface area contributed by atoms with Gasteiger partial charge in [-0.05, 0) is 17.7 Å². The van der Waals surface area contributed by atoms with Gasteiger partial charge in [-0.3, -0.25) is 28.4 Å². The van der Waals surface area contributed by atoms with Crippen molar-refractivity contribution in [3.8, 4) is 0 Å². The second kappa shape index (κ2) is 6.53. The van der Waals surface area contributed by atoms with Crippen molar-refractivity contribution in [3.05, 3.63) is 104 Å². The Balaban J connectivity index is 1.67. The standard InChI is InChI=1S/C20H15N3O4/c24-17-10-11-21(20(27)22(17)12-14-6-2-1-3-7-14)13-23-18(25)15-8-4-5-9-16(15)19(23)26/h1-11H,12-13H2. The molecule has 2 amide bonds. The van der Waals surface area contributed by atoms with Gasteiger partial charge in [-0.1, -0.05) is 42.5 Å². The first-order chi connectivity index (χ1) is 13.1. The molecule has 0 unspecified atom stereocenters. The maximum Gasteiger partial charge on any atom is 0.332 e. The van der Waals surface area contributed by atoms with E-state index in [0.29, 0.717) is 11.1 Å². The fourth-order valence-corrected chi connectivity index (χ4v) is 3.10. The van der Waals surface area contributed by atoms with Crippen molar-refractivity contribution in [2.45, 2.75) is 13.2 Å². The molecule has 1 aromatic heterocycles. The number of hydrogen-bond acceptors (Lipinski definition) is 4. The summed E-state index contributed by atoms with van der Waals surface area (Å²) in [4.78, 5) is 50.9. The SMILES string of the molecule is O=C1c2ccccc2C(=O)N1Cn1ccc(=O)n(Cc2ccccc2)c1=O. The van der Waals surface area contributed by atoms with Crippen LogP contribution in [0.3, 0.4) is 0 Å². The molecular weight excluding hydrogens is 346 g/mol. The van der Waals surface area contributed by atoms with Crippen molar-refractivity contribution in [2.24, 2.45) is 0 Å². The Hall–Kier alpha value is -3.74. The molecule has 1 aliphatic heterocycles. The van der Waals surface area contributed by atoms with Gasteiger partial charge in [-0.2, -0.15) is 0 Å². The van der Waals surface area contributed by atoms with Crippen LogP contribution in [0.25, 0.3) is 0 Å². The quantitative estimate of drug-likeness (QED) is 0.656. The Bertz CT molecular complexity index is 1130. The molecule has 2 aromatic carbocycles. The number of rotatable bonds is 4. The lowest BCUT2D eigenvalue weighted by Crippen LogP contribution is -2.43. The molecular formula is C20H15N3O4. The predicted octanol–water partition coefficient (Wildman–Crippen LogP) is 1.31. The first-order valence-corrected chi connectivity index (χ1v) is 8.36. The van der Waals surface area contributed by atoms with Gasteiger partial charge in [0, 0.05) is 12.3 Å². The van der Waals surface area contributed by atoms with Crippen LogP contribution in [0.1, 0.15) is 26.3 Å². The van der Waals surface area contributed by atoms with Crippen LogP contribution in [0.2, 0.25) is 0 Å². The lowest BCUT2D eigenvalue weighted by molar-refractivity contribution is 0.0602. The molecule has 0 radical (unpaired) electrons. The number of aromatic nitrogens is 2. The Morgan fingerprint density at radius 1 is 0.704 bits per heavy atom. The molecule has 0 N–H and O–H groups in total. The zero-order chi connectivity index (χ0) is 19.0. The van der Waals surface area contributed by atoms with Crippen molar-refractivity contribution >= 4 is 11.8 Å². The second-order valence-electron chi connectivity index (χ2n) is 6.20. The molecule has 0 bridgehead atoms. The molecule has 7 nitrogen and oxygen atoms in total. The summed E-state index contributed by atoms with van der Waals surface area (Å²) in [7, 11) is 0. The molecule has 0 fully saturated rings. The number of amides is 2. The normalized spacial score (nSPS) is 13.1. The van der Waals surface area contributed by atoms with Crippen LogP contribution in [0.4, 0.5) is 0 Å². The van der Waals surface area contributed by atoms with E-state index in [1.165, 1.54) is 16.8 Å². The van der Waals surface area contributed by atoms with Crippen molar-refractivity contribution in [2.75, 3.05) is 0 Å². The monoisotopic (exact) mass is 361 g/mol. The Morgan fingerprint density at radius 3 is 1.93 bits per heavy atom. The molecule has 0 spiro atoms. The van der Waals surface area contributed by atoms with E-state index in [4.69, 9.17) is 0 Å². The van der Waals surface area contributed by atoms with Gasteiger partial charge in [0.1, 0.15) is 6.67 Å². The highest BCUT2D eigenvalue weighted by Crippen LogP contribution is 2.22. The summed E-state index contributed by atoms with van der Waals surface area (Å²) >= 11 is 0. The van der Waals surface area contributed by atoms with Gasteiger partial charge in [0.25, 0.3) is 17.4 Å². The topological polar surface area (TPSA) is 81.4 Å². The van der Waals surface area contributed by atoms with Gasteiger partial charge in [-0.15, -0.1) is 0 Å². The molecule has 0 atom stereocenters. The molecule has 2 heterocycles. The van der Waals surface area contributed by atoms with Crippen LogP contribution in [0.15, 0.2) is 76.4 Å². The van der Waals surface area contributed by atoms with E-state index in [1.54, 1.807) is 24.3 Å². The zero-order valence-corrected chi connectivity index (χ0v) is 14.2. The average molecular weight is 361 g/mol. The second-order valence-corrected chi connectivity index (χ2v) is 6.20. The fraction of sp³-hybridized carbons (Fsp3) is 0.100. The van der Waals surface area contributed by atoms with Crippen molar-refractivity contribution < 1.29 is 9.59 Å². The molecule has 27 heavy (non-hydrogen) atoms. The average Bonchev–Trinajstić information content (AvgIpc) is 2.93. The number of nitrogens with zero attached hydrogens (tertiary/aromatic N) is 3. The summed E-state index contributed by atoms with van der Waals surface area (Å²) in [6, 6.07) is 16.9. The van der Waals surface area contributed by atoms with Gasteiger partial charge in [-0.25, -0.2) is 4.79 Å². The third-order valence-electron chi connectivity index (χ3n) is 4.50. The first kappa shape index (κ1) is 16.7. The number of hydrogen-bond donors (Lipinski definition) is 0. The van der Waals surface area contributed by atoms with Crippen LogP contribution in [0, 0.1) is 0 Å². The van der Waals surface area contributed by atoms with Crippen LogP contribution >= 0.6 is 0 Å². The molecule has 7 heteroatoms. The van der Waals surface area contributed by atoms with E-state index in [0.717, 1.165) is 15.0 Å². The molecule has 134 valence electrons. The van der Waals surface area contributed by atoms with Crippen LogP contribution in [0.5, 0.6) is 0 Å². The zero-order valence-electron chi connectivity index (χ0n) is 14.2. The summed E-state index contributed by atoms with van der Waals surface area (Å²) < 4.78 is 2.26. The minimum absolute atomic E-state index is 0.113. The number of fused-ring (bicyclic) bond motifs is 1. The number of carbonyl (C=O) groups is 2. The summed E-state index contributed by atoms with van der Waals surface area (Å²) in [6.07, 6.45) is 1.30. The molecule has 0 aliphatic carbocycles. The lowest BCUT2D eigenvalue weighted by atomic mass is 10.1.